The van der Waals surface area contributed by atoms with Gasteiger partial charge in [-0.3, -0.25) is 4.99 Å². The molecule has 1 aromatic carbocycles. The molecule has 0 spiro atoms. The van der Waals surface area contributed by atoms with Crippen LogP contribution >= 0.6 is 23.1 Å². The average molecular weight is 337 g/mol. The van der Waals surface area contributed by atoms with Crippen LogP contribution in [0.2, 0.25) is 0 Å². The molecule has 2 aromatic rings. The maximum Gasteiger partial charge on any atom is 0.191 e. The molecule has 2 N–H and O–H groups in total. The Morgan fingerprint density at radius 1 is 1.23 bits per heavy atom. The highest BCUT2D eigenvalue weighted by molar-refractivity contribution is 7.97. The van der Waals surface area contributed by atoms with Gasteiger partial charge in [0.1, 0.15) is 5.82 Å². The van der Waals surface area contributed by atoms with Crippen LogP contribution in [0.25, 0.3) is 0 Å². The second-order valence-corrected chi connectivity index (χ2v) is 6.40. The van der Waals surface area contributed by atoms with Crippen molar-refractivity contribution in [2.24, 2.45) is 4.99 Å². The molecule has 118 valence electrons. The summed E-state index contributed by atoms with van der Waals surface area (Å²) in [5, 5.41) is 10.7. The Morgan fingerprint density at radius 3 is 2.73 bits per heavy atom. The van der Waals surface area contributed by atoms with E-state index in [1.165, 1.54) is 11.6 Å². The predicted octanol–water partition coefficient (Wildman–Crippen LogP) is 3.62. The number of thioether (sulfide) groups is 1. The summed E-state index contributed by atoms with van der Waals surface area (Å²) in [7, 11) is 1.75. The fourth-order valence-corrected chi connectivity index (χ4v) is 3.28. The summed E-state index contributed by atoms with van der Waals surface area (Å²) in [5.74, 6) is 1.36. The molecule has 2 rings (SSSR count). The third kappa shape index (κ3) is 5.03. The van der Waals surface area contributed by atoms with Gasteiger partial charge >= 0.3 is 0 Å². The van der Waals surface area contributed by atoms with E-state index in [0.29, 0.717) is 6.54 Å². The van der Waals surface area contributed by atoms with Crippen LogP contribution in [-0.2, 0) is 18.8 Å². The van der Waals surface area contributed by atoms with E-state index >= 15 is 0 Å². The van der Waals surface area contributed by atoms with Crippen LogP contribution in [0, 0.1) is 5.82 Å². The van der Waals surface area contributed by atoms with Gasteiger partial charge in [0.05, 0.1) is 0 Å². The van der Waals surface area contributed by atoms with Crippen molar-refractivity contribution in [3.8, 4) is 0 Å². The Balaban J connectivity index is 1.92. The molecule has 0 saturated heterocycles. The average Bonchev–Trinajstić information content (AvgIpc) is 3.03. The molecular weight excluding hydrogens is 317 g/mol. The van der Waals surface area contributed by atoms with Gasteiger partial charge in [-0.25, -0.2) is 4.39 Å². The number of nitrogens with zero attached hydrogens (tertiary/aromatic N) is 1. The lowest BCUT2D eigenvalue weighted by Crippen LogP contribution is -2.36. The van der Waals surface area contributed by atoms with E-state index in [1.807, 2.05) is 12.3 Å². The molecule has 1 aromatic heterocycles. The van der Waals surface area contributed by atoms with E-state index in [-0.39, 0.29) is 5.82 Å². The molecule has 6 heteroatoms. The lowest BCUT2D eigenvalue weighted by Gasteiger charge is -2.14. The zero-order valence-corrected chi connectivity index (χ0v) is 14.4. The van der Waals surface area contributed by atoms with Crippen molar-refractivity contribution < 1.29 is 4.39 Å². The van der Waals surface area contributed by atoms with Gasteiger partial charge in [0, 0.05) is 25.9 Å². The number of guanidine groups is 1. The molecule has 0 amide bonds. The smallest absolute Gasteiger partial charge is 0.191 e. The van der Waals surface area contributed by atoms with E-state index < -0.39 is 0 Å². The first kappa shape index (κ1) is 16.8. The standard InChI is InChI=1S/C16H20FN3S2/c1-18-16(19-8-12-5-6-22-10-12)20-9-13-3-4-15(17)7-14(13)11-21-2/h3-7,10H,8-9,11H2,1-2H3,(H2,18,19,20). The lowest BCUT2D eigenvalue weighted by atomic mass is 10.1. The molecule has 22 heavy (non-hydrogen) atoms. The SMILES string of the molecule is CN=C(NCc1ccsc1)NCc1ccc(F)cc1CSC. The van der Waals surface area contributed by atoms with Crippen LogP contribution in [0.3, 0.4) is 0 Å². The van der Waals surface area contributed by atoms with Crippen LogP contribution in [0.1, 0.15) is 16.7 Å². The topological polar surface area (TPSA) is 36.4 Å². The van der Waals surface area contributed by atoms with Crippen molar-refractivity contribution in [2.45, 2.75) is 18.8 Å². The van der Waals surface area contributed by atoms with E-state index in [1.54, 1.807) is 36.2 Å². The fourth-order valence-electron chi connectivity index (χ4n) is 2.04. The Morgan fingerprint density at radius 2 is 2.05 bits per heavy atom. The zero-order chi connectivity index (χ0) is 15.8. The molecule has 1 heterocycles. The van der Waals surface area contributed by atoms with E-state index in [2.05, 4.69) is 32.5 Å². The zero-order valence-electron chi connectivity index (χ0n) is 12.7. The molecule has 3 nitrogen and oxygen atoms in total. The van der Waals surface area contributed by atoms with Crippen molar-refractivity contribution >= 4 is 29.1 Å². The number of aliphatic imine (C=N–C) groups is 1. The Kier molecular flexibility index (Phi) is 6.74. The maximum atomic E-state index is 13.3. The third-order valence-corrected chi connectivity index (χ3v) is 4.51. The predicted molar refractivity (Wildman–Crippen MR) is 95.0 cm³/mol. The summed E-state index contributed by atoms with van der Waals surface area (Å²) in [6, 6.07) is 7.03. The lowest BCUT2D eigenvalue weighted by molar-refractivity contribution is 0.625. The third-order valence-electron chi connectivity index (χ3n) is 3.18. The number of hydrogen-bond donors (Lipinski definition) is 2. The molecule has 0 fully saturated rings. The first-order valence-electron chi connectivity index (χ1n) is 6.94. The monoisotopic (exact) mass is 337 g/mol. The summed E-state index contributed by atoms with van der Waals surface area (Å²) in [6.45, 7) is 1.36. The summed E-state index contributed by atoms with van der Waals surface area (Å²) in [5.41, 5.74) is 3.35. The second kappa shape index (κ2) is 8.80. The van der Waals surface area contributed by atoms with E-state index in [0.717, 1.165) is 29.4 Å². The molecule has 0 aliphatic rings. The van der Waals surface area contributed by atoms with Gasteiger partial charge in [0.25, 0.3) is 0 Å². The Bertz CT molecular complexity index is 612. The number of nitrogens with one attached hydrogen (secondary N) is 2. The highest BCUT2D eigenvalue weighted by Crippen LogP contribution is 2.16. The van der Waals surface area contributed by atoms with Crippen LogP contribution in [-0.4, -0.2) is 19.3 Å². The molecule has 0 unspecified atom stereocenters. The Labute approximate surface area is 139 Å². The van der Waals surface area contributed by atoms with Crippen molar-refractivity contribution in [1.29, 1.82) is 0 Å². The second-order valence-electron chi connectivity index (χ2n) is 4.76. The quantitative estimate of drug-likeness (QED) is 0.624. The van der Waals surface area contributed by atoms with Gasteiger partial charge in [0.15, 0.2) is 5.96 Å². The molecule has 0 radical (unpaired) electrons. The summed E-state index contributed by atoms with van der Waals surface area (Å²) >= 11 is 3.37. The van der Waals surface area contributed by atoms with Crippen molar-refractivity contribution in [1.82, 2.24) is 10.6 Å². The molecule has 0 bridgehead atoms. The molecular formula is C16H20FN3S2. The van der Waals surface area contributed by atoms with Gasteiger partial charge in [-0.2, -0.15) is 23.1 Å². The minimum atomic E-state index is -0.187. The van der Waals surface area contributed by atoms with Gasteiger partial charge in [-0.05, 0) is 51.9 Å². The number of thiophene rings is 1. The van der Waals surface area contributed by atoms with Gasteiger partial charge < -0.3 is 10.6 Å². The maximum absolute atomic E-state index is 13.3. The highest BCUT2D eigenvalue weighted by Gasteiger charge is 2.05. The van der Waals surface area contributed by atoms with Gasteiger partial charge in [0.2, 0.25) is 0 Å². The first-order chi connectivity index (χ1) is 10.7. The van der Waals surface area contributed by atoms with Crippen LogP contribution in [0.4, 0.5) is 4.39 Å². The minimum Gasteiger partial charge on any atom is -0.352 e. The number of benzene rings is 1. The number of rotatable bonds is 6. The summed E-state index contributed by atoms with van der Waals surface area (Å²) in [4.78, 5) is 4.21. The van der Waals surface area contributed by atoms with Crippen LogP contribution in [0.5, 0.6) is 0 Å². The first-order valence-corrected chi connectivity index (χ1v) is 9.28. The van der Waals surface area contributed by atoms with Gasteiger partial charge in [-0.1, -0.05) is 6.07 Å². The van der Waals surface area contributed by atoms with Crippen molar-refractivity contribution in [3.05, 3.63) is 57.5 Å². The van der Waals surface area contributed by atoms with E-state index in [4.69, 9.17) is 0 Å². The molecule has 0 aliphatic carbocycles. The highest BCUT2D eigenvalue weighted by atomic mass is 32.2. The Hall–Kier alpha value is -1.53. The van der Waals surface area contributed by atoms with Crippen molar-refractivity contribution in [2.75, 3.05) is 13.3 Å². The van der Waals surface area contributed by atoms with Crippen LogP contribution < -0.4 is 10.6 Å². The molecule has 0 atom stereocenters. The molecule has 0 saturated carbocycles. The van der Waals surface area contributed by atoms with Crippen molar-refractivity contribution in [3.63, 3.8) is 0 Å². The minimum absolute atomic E-state index is 0.187. The van der Waals surface area contributed by atoms with Crippen LogP contribution in [0.15, 0.2) is 40.0 Å². The summed E-state index contributed by atoms with van der Waals surface area (Å²) < 4.78 is 13.3. The number of halogens is 1. The normalized spacial score (nSPS) is 11.5. The fraction of sp³-hybridized carbons (Fsp3) is 0.312. The van der Waals surface area contributed by atoms with E-state index in [9.17, 15) is 4.39 Å². The summed E-state index contributed by atoms with van der Waals surface area (Å²) in [6.07, 6.45) is 2.02. The molecule has 0 aliphatic heterocycles. The largest absolute Gasteiger partial charge is 0.352 e. The number of hydrogen-bond acceptors (Lipinski definition) is 3. The van der Waals surface area contributed by atoms with Gasteiger partial charge in [-0.15, -0.1) is 0 Å².